The fourth-order valence-corrected chi connectivity index (χ4v) is 2.62. The lowest BCUT2D eigenvalue weighted by Crippen LogP contribution is -2.33. The van der Waals surface area contributed by atoms with Gasteiger partial charge in [0.1, 0.15) is 0 Å². The molecule has 0 radical (unpaired) electrons. The molecule has 1 unspecified atom stereocenters. The molecular formula is C13H26N2O. The zero-order valence-electron chi connectivity index (χ0n) is 10.3. The third-order valence-corrected chi connectivity index (χ3v) is 3.80. The maximum absolute atomic E-state index is 8.66. The number of hydrogen-bond donors (Lipinski definition) is 2. The monoisotopic (exact) mass is 226 g/mol. The average Bonchev–Trinajstić information content (AvgIpc) is 3.04. The van der Waals surface area contributed by atoms with Crippen LogP contribution < -0.4 is 5.32 Å². The molecule has 2 N–H and O–H groups in total. The summed E-state index contributed by atoms with van der Waals surface area (Å²) < 4.78 is 0. The molecule has 2 fully saturated rings. The summed E-state index contributed by atoms with van der Waals surface area (Å²) in [6.45, 7) is 4.11. The molecule has 3 heteroatoms. The van der Waals surface area contributed by atoms with E-state index in [1.807, 2.05) is 0 Å². The summed E-state index contributed by atoms with van der Waals surface area (Å²) in [6.07, 6.45) is 8.89. The Morgan fingerprint density at radius 2 is 1.88 bits per heavy atom. The highest BCUT2D eigenvalue weighted by Crippen LogP contribution is 2.29. The van der Waals surface area contributed by atoms with Crippen molar-refractivity contribution in [2.45, 2.75) is 57.0 Å². The second-order valence-corrected chi connectivity index (χ2v) is 5.30. The van der Waals surface area contributed by atoms with E-state index >= 15 is 0 Å². The summed E-state index contributed by atoms with van der Waals surface area (Å²) in [6, 6.07) is 1.69. The lowest BCUT2D eigenvalue weighted by atomic mass is 10.2. The number of likely N-dealkylation sites (tertiary alicyclic amines) is 1. The molecular weight excluding hydrogens is 200 g/mol. The molecule has 0 amide bonds. The number of unbranched alkanes of at least 4 members (excludes halogenated alkanes) is 3. The number of nitrogens with one attached hydrogen (secondary N) is 1. The third kappa shape index (κ3) is 4.04. The molecule has 0 aromatic rings. The lowest BCUT2D eigenvalue weighted by Gasteiger charge is -2.15. The third-order valence-electron chi connectivity index (χ3n) is 3.80. The smallest absolute Gasteiger partial charge is 0.0431 e. The Labute approximate surface area is 99.2 Å². The zero-order valence-corrected chi connectivity index (χ0v) is 10.3. The van der Waals surface area contributed by atoms with Crippen LogP contribution in [0.5, 0.6) is 0 Å². The molecule has 2 aliphatic rings. The number of aliphatic hydroxyl groups excluding tert-OH is 1. The van der Waals surface area contributed by atoms with Crippen LogP contribution >= 0.6 is 0 Å². The van der Waals surface area contributed by atoms with E-state index in [4.69, 9.17) is 5.11 Å². The van der Waals surface area contributed by atoms with Crippen LogP contribution in [0, 0.1) is 0 Å². The molecule has 1 saturated heterocycles. The Kier molecular flexibility index (Phi) is 5.07. The first-order valence-electron chi connectivity index (χ1n) is 6.98. The highest BCUT2D eigenvalue weighted by molar-refractivity contribution is 4.91. The second kappa shape index (κ2) is 6.58. The number of aliphatic hydroxyl groups is 1. The predicted octanol–water partition coefficient (Wildman–Crippen LogP) is 1.37. The van der Waals surface area contributed by atoms with Gasteiger partial charge in [0, 0.05) is 31.8 Å². The fourth-order valence-electron chi connectivity index (χ4n) is 2.62. The van der Waals surface area contributed by atoms with Crippen molar-refractivity contribution in [1.29, 1.82) is 0 Å². The molecule has 0 spiro atoms. The van der Waals surface area contributed by atoms with Gasteiger partial charge in [-0.3, -0.25) is 4.90 Å². The molecule has 0 bridgehead atoms. The lowest BCUT2D eigenvalue weighted by molar-refractivity contribution is 0.282. The normalized spacial score (nSPS) is 26.4. The summed E-state index contributed by atoms with van der Waals surface area (Å²) >= 11 is 0. The standard InChI is InChI=1S/C13H26N2O/c16-10-4-2-1-3-8-14-12-7-9-15(11-12)13-5-6-13/h12-14,16H,1-11H2. The molecule has 16 heavy (non-hydrogen) atoms. The maximum Gasteiger partial charge on any atom is 0.0431 e. The minimum atomic E-state index is 0.354. The molecule has 1 aliphatic heterocycles. The molecule has 1 heterocycles. The largest absolute Gasteiger partial charge is 0.396 e. The minimum Gasteiger partial charge on any atom is -0.396 e. The fraction of sp³-hybridized carbons (Fsp3) is 1.00. The Balaban J connectivity index is 1.44. The van der Waals surface area contributed by atoms with E-state index in [1.165, 1.54) is 51.6 Å². The summed E-state index contributed by atoms with van der Waals surface area (Å²) in [5.74, 6) is 0. The first-order chi connectivity index (χ1) is 7.90. The van der Waals surface area contributed by atoms with Gasteiger partial charge in [-0.05, 0) is 38.6 Å². The van der Waals surface area contributed by atoms with Crippen LogP contribution in [-0.4, -0.2) is 48.3 Å². The maximum atomic E-state index is 8.66. The van der Waals surface area contributed by atoms with Gasteiger partial charge in [0.2, 0.25) is 0 Å². The molecule has 1 saturated carbocycles. The van der Waals surface area contributed by atoms with E-state index in [-0.39, 0.29) is 0 Å². The van der Waals surface area contributed by atoms with Gasteiger partial charge in [-0.25, -0.2) is 0 Å². The van der Waals surface area contributed by atoms with Crippen LogP contribution in [-0.2, 0) is 0 Å². The Hall–Kier alpha value is -0.120. The average molecular weight is 226 g/mol. The van der Waals surface area contributed by atoms with Crippen LogP contribution in [0.15, 0.2) is 0 Å². The van der Waals surface area contributed by atoms with Crippen LogP contribution in [0.3, 0.4) is 0 Å². The number of rotatable bonds is 8. The quantitative estimate of drug-likeness (QED) is 0.614. The van der Waals surface area contributed by atoms with Crippen LogP contribution in [0.2, 0.25) is 0 Å². The first kappa shape index (κ1) is 12.3. The topological polar surface area (TPSA) is 35.5 Å². The van der Waals surface area contributed by atoms with Gasteiger partial charge in [0.25, 0.3) is 0 Å². The van der Waals surface area contributed by atoms with Gasteiger partial charge in [-0.2, -0.15) is 0 Å². The molecule has 0 aromatic carbocycles. The van der Waals surface area contributed by atoms with E-state index in [0.29, 0.717) is 6.61 Å². The van der Waals surface area contributed by atoms with Crippen LogP contribution in [0.25, 0.3) is 0 Å². The highest BCUT2D eigenvalue weighted by atomic mass is 16.2. The molecule has 1 atom stereocenters. The van der Waals surface area contributed by atoms with E-state index < -0.39 is 0 Å². The van der Waals surface area contributed by atoms with Gasteiger partial charge in [-0.1, -0.05) is 12.8 Å². The minimum absolute atomic E-state index is 0.354. The Morgan fingerprint density at radius 1 is 1.06 bits per heavy atom. The van der Waals surface area contributed by atoms with Crippen molar-refractivity contribution in [2.75, 3.05) is 26.2 Å². The molecule has 2 rings (SSSR count). The summed E-state index contributed by atoms with van der Waals surface area (Å²) in [4.78, 5) is 2.66. The van der Waals surface area contributed by atoms with Gasteiger partial charge in [0.15, 0.2) is 0 Å². The molecule has 3 nitrogen and oxygen atoms in total. The Morgan fingerprint density at radius 3 is 2.62 bits per heavy atom. The number of hydrogen-bond acceptors (Lipinski definition) is 3. The van der Waals surface area contributed by atoms with Gasteiger partial charge < -0.3 is 10.4 Å². The van der Waals surface area contributed by atoms with Crippen molar-refractivity contribution >= 4 is 0 Å². The van der Waals surface area contributed by atoms with E-state index in [0.717, 1.165) is 25.0 Å². The van der Waals surface area contributed by atoms with Crippen molar-refractivity contribution < 1.29 is 5.11 Å². The predicted molar refractivity (Wildman–Crippen MR) is 66.6 cm³/mol. The van der Waals surface area contributed by atoms with Gasteiger partial charge in [-0.15, -0.1) is 0 Å². The van der Waals surface area contributed by atoms with Crippen molar-refractivity contribution in [2.24, 2.45) is 0 Å². The summed E-state index contributed by atoms with van der Waals surface area (Å²) in [5, 5.41) is 12.3. The Bertz CT molecular complexity index is 194. The van der Waals surface area contributed by atoms with Crippen LogP contribution in [0.1, 0.15) is 44.9 Å². The van der Waals surface area contributed by atoms with E-state index in [1.54, 1.807) is 0 Å². The van der Waals surface area contributed by atoms with Crippen molar-refractivity contribution in [3.05, 3.63) is 0 Å². The summed E-state index contributed by atoms with van der Waals surface area (Å²) in [7, 11) is 0. The second-order valence-electron chi connectivity index (χ2n) is 5.30. The number of nitrogens with zero attached hydrogens (tertiary/aromatic N) is 1. The van der Waals surface area contributed by atoms with Gasteiger partial charge >= 0.3 is 0 Å². The SMILES string of the molecule is OCCCCCCNC1CCN(C2CC2)C1. The van der Waals surface area contributed by atoms with E-state index in [9.17, 15) is 0 Å². The van der Waals surface area contributed by atoms with Crippen LogP contribution in [0.4, 0.5) is 0 Å². The molecule has 94 valence electrons. The zero-order chi connectivity index (χ0) is 11.2. The van der Waals surface area contributed by atoms with E-state index in [2.05, 4.69) is 10.2 Å². The summed E-state index contributed by atoms with van der Waals surface area (Å²) in [5.41, 5.74) is 0. The van der Waals surface area contributed by atoms with Gasteiger partial charge in [0.05, 0.1) is 0 Å². The van der Waals surface area contributed by atoms with Crippen molar-refractivity contribution in [3.8, 4) is 0 Å². The first-order valence-corrected chi connectivity index (χ1v) is 6.98. The van der Waals surface area contributed by atoms with Crippen molar-refractivity contribution in [3.63, 3.8) is 0 Å². The molecule has 1 aliphatic carbocycles. The highest BCUT2D eigenvalue weighted by Gasteiger charge is 2.33. The van der Waals surface area contributed by atoms with Crippen molar-refractivity contribution in [1.82, 2.24) is 10.2 Å². The molecule has 0 aromatic heterocycles.